The zero-order valence-corrected chi connectivity index (χ0v) is 9.98. The molecule has 0 amide bonds. The van der Waals surface area contributed by atoms with Crippen LogP contribution in [0.3, 0.4) is 0 Å². The van der Waals surface area contributed by atoms with Crippen molar-refractivity contribution >= 4 is 0 Å². The quantitative estimate of drug-likeness (QED) is 0.688. The van der Waals surface area contributed by atoms with Crippen LogP contribution in [0, 0.1) is 0 Å². The minimum Gasteiger partial charge on any atom is -0.385 e. The van der Waals surface area contributed by atoms with Gasteiger partial charge in [0.25, 0.3) is 0 Å². The van der Waals surface area contributed by atoms with Gasteiger partial charge in [-0.25, -0.2) is 0 Å². The summed E-state index contributed by atoms with van der Waals surface area (Å²) < 4.78 is 10.3. The summed E-state index contributed by atoms with van der Waals surface area (Å²) in [7, 11) is 0. The average Bonchev–Trinajstić information content (AvgIpc) is 2.73. The van der Waals surface area contributed by atoms with E-state index < -0.39 is 6.10 Å². The highest BCUT2D eigenvalue weighted by molar-refractivity contribution is 4.90. The van der Waals surface area contributed by atoms with Crippen LogP contribution in [0.15, 0.2) is 4.52 Å². The minimum atomic E-state index is -0.612. The predicted molar refractivity (Wildman–Crippen MR) is 59.0 cm³/mol. The zero-order valence-electron chi connectivity index (χ0n) is 9.98. The number of rotatable bonds is 8. The Bertz CT molecular complexity index is 289. The van der Waals surface area contributed by atoms with E-state index in [1.54, 1.807) is 0 Å². The van der Waals surface area contributed by atoms with Crippen molar-refractivity contribution in [2.75, 3.05) is 13.2 Å². The largest absolute Gasteiger partial charge is 0.385 e. The molecule has 1 unspecified atom stereocenters. The van der Waals surface area contributed by atoms with Crippen LogP contribution in [-0.4, -0.2) is 28.5 Å². The Hall–Kier alpha value is -0.940. The summed E-state index contributed by atoms with van der Waals surface area (Å²) in [5, 5.41) is 13.4. The van der Waals surface area contributed by atoms with Crippen LogP contribution < -0.4 is 0 Å². The van der Waals surface area contributed by atoms with Gasteiger partial charge in [0.05, 0.1) is 13.0 Å². The first-order chi connectivity index (χ1) is 7.77. The van der Waals surface area contributed by atoms with Crippen molar-refractivity contribution in [1.82, 2.24) is 10.1 Å². The Kier molecular flexibility index (Phi) is 6.03. The van der Waals surface area contributed by atoms with E-state index in [0.29, 0.717) is 31.2 Å². The third-order valence-corrected chi connectivity index (χ3v) is 2.15. The van der Waals surface area contributed by atoms with Gasteiger partial charge in [0.15, 0.2) is 5.82 Å². The summed E-state index contributed by atoms with van der Waals surface area (Å²) in [6.45, 7) is 5.40. The molecular formula is C11H20N2O3. The fraction of sp³-hybridized carbons (Fsp3) is 0.818. The summed E-state index contributed by atoms with van der Waals surface area (Å²) in [4.78, 5) is 4.12. The normalized spacial score (nSPS) is 12.9. The van der Waals surface area contributed by atoms with Crippen molar-refractivity contribution in [3.05, 3.63) is 11.7 Å². The monoisotopic (exact) mass is 228 g/mol. The topological polar surface area (TPSA) is 68.4 Å². The summed E-state index contributed by atoms with van der Waals surface area (Å²) >= 11 is 0. The molecule has 1 heterocycles. The van der Waals surface area contributed by atoms with Gasteiger partial charge in [-0.2, -0.15) is 4.98 Å². The molecule has 0 spiro atoms. The number of aliphatic hydroxyl groups excluding tert-OH is 1. The Morgan fingerprint density at radius 1 is 1.31 bits per heavy atom. The predicted octanol–water partition coefficient (Wildman–Crippen LogP) is 1.87. The van der Waals surface area contributed by atoms with E-state index in [0.717, 1.165) is 19.4 Å². The first-order valence-electron chi connectivity index (χ1n) is 5.86. The first-order valence-corrected chi connectivity index (χ1v) is 5.86. The van der Waals surface area contributed by atoms with Crippen LogP contribution in [0.4, 0.5) is 0 Å². The fourth-order valence-electron chi connectivity index (χ4n) is 1.31. The highest BCUT2D eigenvalue weighted by atomic mass is 16.5. The van der Waals surface area contributed by atoms with Gasteiger partial charge in [-0.1, -0.05) is 25.4 Å². The van der Waals surface area contributed by atoms with Crippen LogP contribution in [-0.2, 0) is 11.2 Å². The van der Waals surface area contributed by atoms with E-state index in [2.05, 4.69) is 17.1 Å². The smallest absolute Gasteiger partial charge is 0.229 e. The molecule has 1 aromatic heterocycles. The number of aliphatic hydroxyl groups is 1. The van der Waals surface area contributed by atoms with Crippen molar-refractivity contribution in [2.24, 2.45) is 0 Å². The molecular weight excluding hydrogens is 208 g/mol. The SMILES string of the molecule is CCCOCCc1nc(C(O)CCC)no1. The van der Waals surface area contributed by atoms with Crippen molar-refractivity contribution < 1.29 is 14.4 Å². The minimum absolute atomic E-state index is 0.382. The van der Waals surface area contributed by atoms with E-state index in [-0.39, 0.29) is 0 Å². The molecule has 0 aliphatic rings. The molecule has 0 aromatic carbocycles. The Balaban J connectivity index is 2.33. The maximum Gasteiger partial charge on any atom is 0.229 e. The summed E-state index contributed by atoms with van der Waals surface area (Å²) in [6, 6.07) is 0. The van der Waals surface area contributed by atoms with E-state index in [1.165, 1.54) is 0 Å². The molecule has 1 rings (SSSR count). The molecule has 0 aliphatic heterocycles. The van der Waals surface area contributed by atoms with Gasteiger partial charge in [0.2, 0.25) is 5.89 Å². The molecule has 5 heteroatoms. The van der Waals surface area contributed by atoms with Crippen molar-refractivity contribution in [2.45, 2.75) is 45.6 Å². The lowest BCUT2D eigenvalue weighted by Gasteiger charge is -2.01. The molecule has 0 radical (unpaired) electrons. The standard InChI is InChI=1S/C11H20N2O3/c1-3-5-9(14)11-12-10(16-13-11)6-8-15-7-4-2/h9,14H,3-8H2,1-2H3. The van der Waals surface area contributed by atoms with Crippen LogP contribution in [0.25, 0.3) is 0 Å². The lowest BCUT2D eigenvalue weighted by molar-refractivity contribution is 0.131. The molecule has 0 saturated heterocycles. The van der Waals surface area contributed by atoms with Crippen LogP contribution >= 0.6 is 0 Å². The van der Waals surface area contributed by atoms with Gasteiger partial charge in [-0.15, -0.1) is 0 Å². The van der Waals surface area contributed by atoms with E-state index >= 15 is 0 Å². The van der Waals surface area contributed by atoms with Crippen LogP contribution in [0.1, 0.15) is 50.9 Å². The second kappa shape index (κ2) is 7.35. The van der Waals surface area contributed by atoms with Gasteiger partial charge < -0.3 is 14.4 Å². The van der Waals surface area contributed by atoms with E-state index in [9.17, 15) is 5.11 Å². The van der Waals surface area contributed by atoms with Gasteiger partial charge >= 0.3 is 0 Å². The number of hydrogen-bond acceptors (Lipinski definition) is 5. The number of nitrogens with zero attached hydrogens (tertiary/aromatic N) is 2. The second-order valence-electron chi connectivity index (χ2n) is 3.71. The van der Waals surface area contributed by atoms with E-state index in [4.69, 9.17) is 9.26 Å². The maximum absolute atomic E-state index is 9.63. The third kappa shape index (κ3) is 4.28. The molecule has 16 heavy (non-hydrogen) atoms. The lowest BCUT2D eigenvalue weighted by atomic mass is 10.2. The Labute approximate surface area is 95.8 Å². The zero-order chi connectivity index (χ0) is 11.8. The molecule has 5 nitrogen and oxygen atoms in total. The molecule has 0 bridgehead atoms. The van der Waals surface area contributed by atoms with Gasteiger partial charge in [0, 0.05) is 6.61 Å². The fourth-order valence-corrected chi connectivity index (χ4v) is 1.31. The van der Waals surface area contributed by atoms with Crippen LogP contribution in [0.5, 0.6) is 0 Å². The molecule has 0 fully saturated rings. The molecule has 1 aromatic rings. The summed E-state index contributed by atoms with van der Waals surface area (Å²) in [5.41, 5.74) is 0. The van der Waals surface area contributed by atoms with Crippen molar-refractivity contribution in [1.29, 1.82) is 0 Å². The Morgan fingerprint density at radius 2 is 2.12 bits per heavy atom. The molecule has 0 saturated carbocycles. The average molecular weight is 228 g/mol. The number of ether oxygens (including phenoxy) is 1. The van der Waals surface area contributed by atoms with Gasteiger partial charge in [-0.3, -0.25) is 0 Å². The van der Waals surface area contributed by atoms with Crippen LogP contribution in [0.2, 0.25) is 0 Å². The lowest BCUT2D eigenvalue weighted by Crippen LogP contribution is -2.01. The summed E-state index contributed by atoms with van der Waals surface area (Å²) in [5.74, 6) is 0.911. The molecule has 1 N–H and O–H groups in total. The van der Waals surface area contributed by atoms with Gasteiger partial charge in [-0.05, 0) is 12.8 Å². The van der Waals surface area contributed by atoms with E-state index in [1.807, 2.05) is 6.92 Å². The van der Waals surface area contributed by atoms with Crippen molar-refractivity contribution in [3.63, 3.8) is 0 Å². The number of aromatic nitrogens is 2. The molecule has 92 valence electrons. The maximum atomic E-state index is 9.63. The number of hydrogen-bond donors (Lipinski definition) is 1. The third-order valence-electron chi connectivity index (χ3n) is 2.15. The summed E-state index contributed by atoms with van der Waals surface area (Å²) in [6.07, 6.45) is 2.55. The highest BCUT2D eigenvalue weighted by Crippen LogP contribution is 2.14. The first kappa shape index (κ1) is 13.1. The Morgan fingerprint density at radius 3 is 2.81 bits per heavy atom. The van der Waals surface area contributed by atoms with Crippen molar-refractivity contribution in [3.8, 4) is 0 Å². The van der Waals surface area contributed by atoms with Gasteiger partial charge in [0.1, 0.15) is 6.10 Å². The molecule has 1 atom stereocenters. The second-order valence-corrected chi connectivity index (χ2v) is 3.71. The highest BCUT2D eigenvalue weighted by Gasteiger charge is 2.14. The molecule has 0 aliphatic carbocycles.